The highest BCUT2D eigenvalue weighted by Crippen LogP contribution is 2.13. The van der Waals surface area contributed by atoms with E-state index in [0.717, 1.165) is 17.1 Å². The van der Waals surface area contributed by atoms with Gasteiger partial charge in [-0.05, 0) is 31.2 Å². The predicted octanol–water partition coefficient (Wildman–Crippen LogP) is 3.22. The normalized spacial score (nSPS) is 10.7. The number of aromatic nitrogens is 2. The lowest BCUT2D eigenvalue weighted by Gasteiger charge is -2.03. The van der Waals surface area contributed by atoms with Crippen LogP contribution in [0.1, 0.15) is 11.3 Å². The molecule has 1 aromatic carbocycles. The highest BCUT2D eigenvalue weighted by atomic mass is 16.5. The molecule has 0 atom stereocenters. The standard InChI is InChI=1S/C15H14N2O/c1-12-5-7-14(8-6-12)18-11-13-10-17-9-3-2-4-15(17)16-13/h2-10H,11H2,1H3. The Morgan fingerprint density at radius 2 is 1.94 bits per heavy atom. The molecule has 90 valence electrons. The Hall–Kier alpha value is -2.29. The van der Waals surface area contributed by atoms with Crippen molar-refractivity contribution in [1.29, 1.82) is 0 Å². The molecule has 0 saturated carbocycles. The molecule has 0 N–H and O–H groups in total. The topological polar surface area (TPSA) is 26.5 Å². The molecule has 0 aliphatic carbocycles. The van der Waals surface area contributed by atoms with Gasteiger partial charge in [-0.2, -0.15) is 0 Å². The van der Waals surface area contributed by atoms with Crippen molar-refractivity contribution in [2.75, 3.05) is 0 Å². The summed E-state index contributed by atoms with van der Waals surface area (Å²) in [4.78, 5) is 4.48. The molecule has 0 spiro atoms. The van der Waals surface area contributed by atoms with Crippen LogP contribution in [0.2, 0.25) is 0 Å². The summed E-state index contributed by atoms with van der Waals surface area (Å²) in [6, 6.07) is 14.0. The Kier molecular flexibility index (Phi) is 2.73. The van der Waals surface area contributed by atoms with Crippen molar-refractivity contribution in [2.45, 2.75) is 13.5 Å². The minimum Gasteiger partial charge on any atom is -0.487 e. The largest absolute Gasteiger partial charge is 0.487 e. The van der Waals surface area contributed by atoms with Gasteiger partial charge in [-0.15, -0.1) is 0 Å². The number of rotatable bonds is 3. The van der Waals surface area contributed by atoms with E-state index >= 15 is 0 Å². The molecule has 0 amide bonds. The first kappa shape index (κ1) is 10.8. The Balaban J connectivity index is 1.74. The number of fused-ring (bicyclic) bond motifs is 1. The minimum absolute atomic E-state index is 0.491. The first-order chi connectivity index (χ1) is 8.81. The highest BCUT2D eigenvalue weighted by molar-refractivity contribution is 5.39. The maximum Gasteiger partial charge on any atom is 0.137 e. The summed E-state index contributed by atoms with van der Waals surface area (Å²) in [7, 11) is 0. The van der Waals surface area contributed by atoms with Gasteiger partial charge in [0.15, 0.2) is 0 Å². The number of aryl methyl sites for hydroxylation is 1. The maximum absolute atomic E-state index is 5.70. The van der Waals surface area contributed by atoms with E-state index in [1.807, 2.05) is 59.3 Å². The second-order valence-electron chi connectivity index (χ2n) is 4.30. The molecule has 0 saturated heterocycles. The third-order valence-corrected chi connectivity index (χ3v) is 2.82. The molecule has 2 aromatic heterocycles. The van der Waals surface area contributed by atoms with Crippen LogP contribution in [0.5, 0.6) is 5.75 Å². The Bertz CT molecular complexity index is 623. The maximum atomic E-state index is 5.70. The fourth-order valence-electron chi connectivity index (χ4n) is 1.85. The van der Waals surface area contributed by atoms with Crippen LogP contribution in [0, 0.1) is 6.92 Å². The van der Waals surface area contributed by atoms with Gasteiger partial charge >= 0.3 is 0 Å². The van der Waals surface area contributed by atoms with E-state index in [-0.39, 0.29) is 0 Å². The minimum atomic E-state index is 0.491. The fraction of sp³-hybridized carbons (Fsp3) is 0.133. The zero-order valence-corrected chi connectivity index (χ0v) is 10.2. The van der Waals surface area contributed by atoms with Gasteiger partial charge in [-0.1, -0.05) is 23.8 Å². The van der Waals surface area contributed by atoms with Crippen molar-refractivity contribution in [3.63, 3.8) is 0 Å². The molecule has 0 aliphatic rings. The van der Waals surface area contributed by atoms with Crippen LogP contribution in [-0.2, 0) is 6.61 Å². The predicted molar refractivity (Wildman–Crippen MR) is 70.7 cm³/mol. The van der Waals surface area contributed by atoms with E-state index in [1.165, 1.54) is 5.56 Å². The molecule has 0 radical (unpaired) electrons. The van der Waals surface area contributed by atoms with E-state index in [2.05, 4.69) is 11.9 Å². The van der Waals surface area contributed by atoms with Crippen molar-refractivity contribution in [1.82, 2.24) is 9.38 Å². The Morgan fingerprint density at radius 3 is 2.72 bits per heavy atom. The third-order valence-electron chi connectivity index (χ3n) is 2.82. The molecule has 3 heteroatoms. The quantitative estimate of drug-likeness (QED) is 0.700. The average molecular weight is 238 g/mol. The van der Waals surface area contributed by atoms with Gasteiger partial charge in [-0.25, -0.2) is 4.98 Å². The van der Waals surface area contributed by atoms with Crippen LogP contribution in [0.4, 0.5) is 0 Å². The van der Waals surface area contributed by atoms with E-state index in [4.69, 9.17) is 4.74 Å². The molecule has 0 unspecified atom stereocenters. The molecule has 0 aliphatic heterocycles. The lowest BCUT2D eigenvalue weighted by molar-refractivity contribution is 0.302. The highest BCUT2D eigenvalue weighted by Gasteiger charge is 2.01. The summed E-state index contributed by atoms with van der Waals surface area (Å²) in [6.45, 7) is 2.55. The molecule has 3 rings (SSSR count). The van der Waals surface area contributed by atoms with Gasteiger partial charge in [0.1, 0.15) is 18.0 Å². The van der Waals surface area contributed by atoms with Gasteiger partial charge in [0.2, 0.25) is 0 Å². The monoisotopic (exact) mass is 238 g/mol. The number of nitrogens with zero attached hydrogens (tertiary/aromatic N) is 2. The van der Waals surface area contributed by atoms with Crippen molar-refractivity contribution >= 4 is 5.65 Å². The van der Waals surface area contributed by atoms with E-state index in [1.54, 1.807) is 0 Å². The van der Waals surface area contributed by atoms with Crippen LogP contribution >= 0.6 is 0 Å². The summed E-state index contributed by atoms with van der Waals surface area (Å²) >= 11 is 0. The number of pyridine rings is 1. The fourth-order valence-corrected chi connectivity index (χ4v) is 1.85. The van der Waals surface area contributed by atoms with Gasteiger partial charge in [0, 0.05) is 12.4 Å². The van der Waals surface area contributed by atoms with Crippen molar-refractivity contribution in [3.8, 4) is 5.75 Å². The molecule has 3 aromatic rings. The van der Waals surface area contributed by atoms with Crippen LogP contribution in [-0.4, -0.2) is 9.38 Å². The molecular weight excluding hydrogens is 224 g/mol. The SMILES string of the molecule is Cc1ccc(OCc2cn3ccccc3n2)cc1. The van der Waals surface area contributed by atoms with Crippen molar-refractivity contribution in [3.05, 3.63) is 66.1 Å². The lowest BCUT2D eigenvalue weighted by atomic mass is 10.2. The summed E-state index contributed by atoms with van der Waals surface area (Å²) < 4.78 is 7.69. The number of ether oxygens (including phenoxy) is 1. The number of imidazole rings is 1. The molecule has 18 heavy (non-hydrogen) atoms. The number of benzene rings is 1. The zero-order chi connectivity index (χ0) is 12.4. The van der Waals surface area contributed by atoms with Crippen LogP contribution < -0.4 is 4.74 Å². The van der Waals surface area contributed by atoms with E-state index < -0.39 is 0 Å². The summed E-state index contributed by atoms with van der Waals surface area (Å²) in [5.41, 5.74) is 3.11. The first-order valence-electron chi connectivity index (χ1n) is 5.93. The van der Waals surface area contributed by atoms with Gasteiger partial charge in [0.05, 0.1) is 5.69 Å². The van der Waals surface area contributed by atoms with Crippen LogP contribution in [0.15, 0.2) is 54.9 Å². The van der Waals surface area contributed by atoms with Crippen molar-refractivity contribution in [2.24, 2.45) is 0 Å². The number of hydrogen-bond donors (Lipinski definition) is 0. The van der Waals surface area contributed by atoms with Gasteiger partial charge < -0.3 is 9.14 Å². The average Bonchev–Trinajstić information content (AvgIpc) is 2.81. The molecule has 0 fully saturated rings. The Morgan fingerprint density at radius 1 is 1.11 bits per heavy atom. The molecular formula is C15H14N2O. The van der Waals surface area contributed by atoms with Crippen LogP contribution in [0.3, 0.4) is 0 Å². The number of hydrogen-bond acceptors (Lipinski definition) is 2. The van der Waals surface area contributed by atoms with E-state index in [9.17, 15) is 0 Å². The molecule has 0 bridgehead atoms. The third kappa shape index (κ3) is 2.20. The Labute approximate surface area is 106 Å². The lowest BCUT2D eigenvalue weighted by Crippen LogP contribution is -1.95. The second kappa shape index (κ2) is 4.53. The van der Waals surface area contributed by atoms with Crippen molar-refractivity contribution < 1.29 is 4.74 Å². The smallest absolute Gasteiger partial charge is 0.137 e. The molecule has 2 heterocycles. The van der Waals surface area contributed by atoms with E-state index in [0.29, 0.717) is 6.61 Å². The summed E-state index contributed by atoms with van der Waals surface area (Å²) in [6.07, 6.45) is 3.97. The van der Waals surface area contributed by atoms with Gasteiger partial charge in [-0.3, -0.25) is 0 Å². The first-order valence-corrected chi connectivity index (χ1v) is 5.93. The zero-order valence-electron chi connectivity index (χ0n) is 10.2. The van der Waals surface area contributed by atoms with Crippen LogP contribution in [0.25, 0.3) is 5.65 Å². The molecule has 3 nitrogen and oxygen atoms in total. The summed E-state index contributed by atoms with van der Waals surface area (Å²) in [5, 5.41) is 0. The van der Waals surface area contributed by atoms with Gasteiger partial charge in [0.25, 0.3) is 0 Å². The second-order valence-corrected chi connectivity index (χ2v) is 4.30. The summed E-state index contributed by atoms with van der Waals surface area (Å²) in [5.74, 6) is 0.873.